The topological polar surface area (TPSA) is 84.6 Å². The second kappa shape index (κ2) is 10.7. The average Bonchev–Trinajstić information content (AvgIpc) is 2.59. The van der Waals surface area contributed by atoms with Crippen LogP contribution in [0.1, 0.15) is 19.0 Å². The van der Waals surface area contributed by atoms with Crippen LogP contribution in [-0.4, -0.2) is 71.6 Å². The van der Waals surface area contributed by atoms with Gasteiger partial charge in [-0.05, 0) is 32.3 Å². The molecule has 1 saturated heterocycles. The minimum atomic E-state index is -0.399. The molecule has 2 heterocycles. The molecule has 0 spiro atoms. The predicted molar refractivity (Wildman–Crippen MR) is 105 cm³/mol. The molecule has 25 heavy (non-hydrogen) atoms. The molecule has 2 rings (SSSR count). The first-order valence-electron chi connectivity index (χ1n) is 8.32. The third-order valence-corrected chi connectivity index (χ3v) is 4.58. The first-order valence-corrected chi connectivity index (χ1v) is 9.71. The lowest BCUT2D eigenvalue weighted by Gasteiger charge is -2.36. The highest BCUT2D eigenvalue weighted by Gasteiger charge is 2.26. The summed E-state index contributed by atoms with van der Waals surface area (Å²) in [6, 6.07) is 1.43. The van der Waals surface area contributed by atoms with Gasteiger partial charge in [0.15, 0.2) is 0 Å². The second-order valence-corrected chi connectivity index (χ2v) is 6.77. The van der Waals surface area contributed by atoms with Crippen LogP contribution in [0.3, 0.4) is 0 Å². The zero-order chi connectivity index (χ0) is 17.5. The number of nitrogens with two attached hydrogens (primary N) is 1. The number of ether oxygens (including phenoxy) is 1. The van der Waals surface area contributed by atoms with Crippen LogP contribution in [0.4, 0.5) is 5.95 Å². The molecule has 0 bridgehead atoms. The maximum absolute atomic E-state index is 12.4. The van der Waals surface area contributed by atoms with Crippen molar-refractivity contribution < 1.29 is 9.53 Å². The van der Waals surface area contributed by atoms with Gasteiger partial charge in [-0.2, -0.15) is 16.7 Å². The highest BCUT2D eigenvalue weighted by molar-refractivity contribution is 7.98. The molecule has 1 aliphatic rings. The smallest absolute Gasteiger partial charge is 0.239 e. The second-order valence-electron chi connectivity index (χ2n) is 5.78. The van der Waals surface area contributed by atoms with E-state index in [0.717, 1.165) is 17.9 Å². The quantitative estimate of drug-likeness (QED) is 0.753. The third-order valence-electron chi connectivity index (χ3n) is 3.94. The number of amides is 1. The fourth-order valence-corrected chi connectivity index (χ4v) is 3.11. The van der Waals surface area contributed by atoms with Gasteiger partial charge in [-0.15, -0.1) is 12.4 Å². The van der Waals surface area contributed by atoms with Crippen molar-refractivity contribution in [2.75, 3.05) is 49.7 Å². The summed E-state index contributed by atoms with van der Waals surface area (Å²) in [6.07, 6.45) is 2.74. The van der Waals surface area contributed by atoms with Gasteiger partial charge in [0.25, 0.3) is 0 Å². The Kier molecular flexibility index (Phi) is 9.31. The summed E-state index contributed by atoms with van der Waals surface area (Å²) < 4.78 is 5.49. The summed E-state index contributed by atoms with van der Waals surface area (Å²) in [5.41, 5.74) is 6.87. The van der Waals surface area contributed by atoms with Crippen LogP contribution >= 0.6 is 24.2 Å². The lowest BCUT2D eigenvalue weighted by molar-refractivity contribution is -0.132. The molecule has 1 fully saturated rings. The lowest BCUT2D eigenvalue weighted by Crippen LogP contribution is -2.53. The van der Waals surface area contributed by atoms with Crippen molar-refractivity contribution >= 4 is 36.0 Å². The van der Waals surface area contributed by atoms with Crippen LogP contribution in [0.15, 0.2) is 6.07 Å². The molecule has 1 aromatic rings. The number of aryl methyl sites for hydroxylation is 1. The molecule has 7 nitrogen and oxygen atoms in total. The maximum Gasteiger partial charge on any atom is 0.239 e. The van der Waals surface area contributed by atoms with Crippen LogP contribution < -0.4 is 15.4 Å². The molecule has 1 amide bonds. The molecule has 9 heteroatoms. The van der Waals surface area contributed by atoms with E-state index in [1.807, 2.05) is 31.1 Å². The number of piperazine rings is 1. The van der Waals surface area contributed by atoms with Crippen molar-refractivity contribution in [2.45, 2.75) is 26.3 Å². The van der Waals surface area contributed by atoms with E-state index in [1.165, 1.54) is 0 Å². The molecule has 1 aliphatic heterocycles. The molecule has 0 aromatic carbocycles. The highest BCUT2D eigenvalue weighted by atomic mass is 35.5. The SMILES string of the molecule is CCOc1cc(C)nc(N2CCN(C(=O)C(N)CCSC)CC2)n1.Cl. The number of anilines is 1. The number of rotatable bonds is 7. The number of thioether (sulfide) groups is 1. The standard InChI is InChI=1S/C16H27N5O2S.ClH/c1-4-23-14-11-12(2)18-16(19-14)21-8-6-20(7-9-21)15(22)13(17)5-10-24-3;/h11,13H,4-10,17H2,1-3H3;1H. The van der Waals surface area contributed by atoms with Gasteiger partial charge in [-0.25, -0.2) is 4.98 Å². The Morgan fingerprint density at radius 3 is 2.64 bits per heavy atom. The van der Waals surface area contributed by atoms with Crippen LogP contribution in [0.25, 0.3) is 0 Å². The summed E-state index contributed by atoms with van der Waals surface area (Å²) in [7, 11) is 0. The number of carbonyl (C=O) groups excluding carboxylic acids is 1. The van der Waals surface area contributed by atoms with E-state index in [9.17, 15) is 4.79 Å². The van der Waals surface area contributed by atoms with E-state index in [1.54, 1.807) is 11.8 Å². The largest absolute Gasteiger partial charge is 0.478 e. The fourth-order valence-electron chi connectivity index (χ4n) is 2.62. The van der Waals surface area contributed by atoms with E-state index in [4.69, 9.17) is 10.5 Å². The van der Waals surface area contributed by atoms with Crippen LogP contribution in [0, 0.1) is 6.92 Å². The summed E-state index contributed by atoms with van der Waals surface area (Å²) in [5.74, 6) is 2.21. The molecular weight excluding hydrogens is 362 g/mol. The van der Waals surface area contributed by atoms with Gasteiger partial charge in [0.1, 0.15) is 0 Å². The molecule has 0 aliphatic carbocycles. The number of carbonyl (C=O) groups is 1. The number of hydrogen-bond acceptors (Lipinski definition) is 7. The van der Waals surface area contributed by atoms with Crippen molar-refractivity contribution in [2.24, 2.45) is 5.73 Å². The number of aromatic nitrogens is 2. The Morgan fingerprint density at radius 1 is 1.36 bits per heavy atom. The molecular formula is C16H28ClN5O2S. The van der Waals surface area contributed by atoms with Crippen LogP contribution in [0.5, 0.6) is 5.88 Å². The Bertz CT molecular complexity index is 555. The zero-order valence-electron chi connectivity index (χ0n) is 15.1. The van der Waals surface area contributed by atoms with Crippen molar-refractivity contribution in [3.05, 3.63) is 11.8 Å². The molecule has 1 unspecified atom stereocenters. The Labute approximate surface area is 160 Å². The Balaban J connectivity index is 0.00000312. The minimum Gasteiger partial charge on any atom is -0.478 e. The van der Waals surface area contributed by atoms with E-state index in [-0.39, 0.29) is 18.3 Å². The maximum atomic E-state index is 12.4. The van der Waals surface area contributed by atoms with Gasteiger partial charge >= 0.3 is 0 Å². The van der Waals surface area contributed by atoms with E-state index in [2.05, 4.69) is 14.9 Å². The van der Waals surface area contributed by atoms with Crippen molar-refractivity contribution in [3.8, 4) is 5.88 Å². The molecule has 0 saturated carbocycles. The van der Waals surface area contributed by atoms with E-state index < -0.39 is 6.04 Å². The van der Waals surface area contributed by atoms with Crippen molar-refractivity contribution in [1.82, 2.24) is 14.9 Å². The lowest BCUT2D eigenvalue weighted by atomic mass is 10.2. The van der Waals surface area contributed by atoms with Gasteiger partial charge in [-0.3, -0.25) is 4.79 Å². The number of nitrogens with zero attached hydrogens (tertiary/aromatic N) is 4. The summed E-state index contributed by atoms with van der Waals surface area (Å²) >= 11 is 1.71. The van der Waals surface area contributed by atoms with E-state index in [0.29, 0.717) is 44.6 Å². The highest BCUT2D eigenvalue weighted by Crippen LogP contribution is 2.17. The van der Waals surface area contributed by atoms with Gasteiger partial charge in [0.2, 0.25) is 17.7 Å². The van der Waals surface area contributed by atoms with Gasteiger partial charge in [0, 0.05) is 37.9 Å². The van der Waals surface area contributed by atoms with Crippen LogP contribution in [-0.2, 0) is 4.79 Å². The number of halogens is 1. The van der Waals surface area contributed by atoms with Gasteiger partial charge in [0.05, 0.1) is 12.6 Å². The molecule has 1 atom stereocenters. The number of hydrogen-bond donors (Lipinski definition) is 1. The molecule has 142 valence electrons. The molecule has 1 aromatic heterocycles. The average molecular weight is 390 g/mol. The first-order chi connectivity index (χ1) is 11.5. The Hall–Kier alpha value is -1.25. The fraction of sp³-hybridized carbons (Fsp3) is 0.688. The minimum absolute atomic E-state index is 0. The Morgan fingerprint density at radius 2 is 2.04 bits per heavy atom. The summed E-state index contributed by atoms with van der Waals surface area (Å²) in [6.45, 7) is 7.14. The van der Waals surface area contributed by atoms with Crippen molar-refractivity contribution in [3.63, 3.8) is 0 Å². The summed E-state index contributed by atoms with van der Waals surface area (Å²) in [5, 5.41) is 0. The monoisotopic (exact) mass is 389 g/mol. The van der Waals surface area contributed by atoms with E-state index >= 15 is 0 Å². The van der Waals surface area contributed by atoms with Gasteiger partial charge in [-0.1, -0.05) is 0 Å². The molecule has 0 radical (unpaired) electrons. The molecule has 2 N–H and O–H groups in total. The van der Waals surface area contributed by atoms with Crippen LogP contribution in [0.2, 0.25) is 0 Å². The predicted octanol–water partition coefficient (Wildman–Crippen LogP) is 1.33. The third kappa shape index (κ3) is 6.20. The normalized spacial score (nSPS) is 15.5. The van der Waals surface area contributed by atoms with Gasteiger partial charge < -0.3 is 20.3 Å². The summed E-state index contributed by atoms with van der Waals surface area (Å²) in [4.78, 5) is 25.2. The first kappa shape index (κ1) is 21.8. The zero-order valence-corrected chi connectivity index (χ0v) is 16.7. The van der Waals surface area contributed by atoms with Crippen molar-refractivity contribution in [1.29, 1.82) is 0 Å².